The molecule has 1 spiro atoms. The predicted octanol–water partition coefficient (Wildman–Crippen LogP) is 2.50. The number of aliphatic hydroxyl groups is 1. The molecule has 2 bridgehead atoms. The number of rotatable bonds is 4. The van der Waals surface area contributed by atoms with Gasteiger partial charge in [-0.3, -0.25) is 9.69 Å². The molecular formula is C25H30ClN3O4. The van der Waals surface area contributed by atoms with Gasteiger partial charge in [0.05, 0.1) is 22.6 Å². The van der Waals surface area contributed by atoms with Crippen molar-refractivity contribution >= 4 is 18.3 Å². The van der Waals surface area contributed by atoms with Crippen LogP contribution < -0.4 is 10.1 Å². The molecule has 1 aromatic carbocycles. The van der Waals surface area contributed by atoms with E-state index >= 15 is 0 Å². The third-order valence-corrected chi connectivity index (χ3v) is 8.94. The van der Waals surface area contributed by atoms with Crippen molar-refractivity contribution in [3.05, 3.63) is 47.3 Å². The molecule has 1 amide bonds. The molecule has 2 aliphatic heterocycles. The van der Waals surface area contributed by atoms with Crippen LogP contribution >= 0.6 is 12.4 Å². The monoisotopic (exact) mass is 471 g/mol. The number of H-pyrrole nitrogens is 1. The molecule has 33 heavy (non-hydrogen) atoms. The van der Waals surface area contributed by atoms with Gasteiger partial charge in [-0.1, -0.05) is 6.07 Å². The fraction of sp³-hybridized carbons (Fsp3) is 0.560. The summed E-state index contributed by atoms with van der Waals surface area (Å²) >= 11 is 0. The number of hydrogen-bond donors (Lipinski definition) is 4. The molecule has 0 radical (unpaired) electrons. The number of carbonyl (C=O) groups is 1. The quantitative estimate of drug-likeness (QED) is 0.549. The van der Waals surface area contributed by atoms with Crippen LogP contribution in [-0.4, -0.2) is 62.9 Å². The second-order valence-electron chi connectivity index (χ2n) is 10.5. The Hall–Kier alpha value is -2.22. The number of phenolic OH excluding ortho intramolecular Hbond substituents is 1. The Morgan fingerprint density at radius 2 is 2.09 bits per heavy atom. The molecule has 2 saturated carbocycles. The van der Waals surface area contributed by atoms with Crippen molar-refractivity contribution in [3.63, 3.8) is 0 Å². The van der Waals surface area contributed by atoms with Crippen molar-refractivity contribution in [1.29, 1.82) is 0 Å². The van der Waals surface area contributed by atoms with Crippen molar-refractivity contribution in [1.82, 2.24) is 15.2 Å². The molecule has 7 nitrogen and oxygen atoms in total. The first-order valence-corrected chi connectivity index (χ1v) is 11.9. The van der Waals surface area contributed by atoms with Crippen LogP contribution in [0.3, 0.4) is 0 Å². The number of phenols is 1. The van der Waals surface area contributed by atoms with E-state index in [1.54, 1.807) is 24.5 Å². The van der Waals surface area contributed by atoms with Gasteiger partial charge in [-0.2, -0.15) is 0 Å². The molecule has 1 aromatic heterocycles. The fourth-order valence-corrected chi connectivity index (χ4v) is 7.35. The minimum absolute atomic E-state index is 0. The lowest BCUT2D eigenvalue weighted by molar-refractivity contribution is -0.191. The van der Waals surface area contributed by atoms with Crippen LogP contribution in [0.25, 0.3) is 0 Å². The Bertz CT molecular complexity index is 1100. The highest BCUT2D eigenvalue weighted by atomic mass is 35.5. The average molecular weight is 472 g/mol. The van der Waals surface area contributed by atoms with E-state index in [2.05, 4.69) is 15.2 Å². The van der Waals surface area contributed by atoms with E-state index in [0.29, 0.717) is 24.2 Å². The largest absolute Gasteiger partial charge is 0.504 e. The first-order chi connectivity index (χ1) is 15.5. The van der Waals surface area contributed by atoms with Crippen LogP contribution in [0.2, 0.25) is 0 Å². The molecule has 5 atom stereocenters. The van der Waals surface area contributed by atoms with E-state index in [1.165, 1.54) is 18.4 Å². The van der Waals surface area contributed by atoms with Crippen LogP contribution in [-0.2, 0) is 11.8 Å². The highest BCUT2D eigenvalue weighted by Crippen LogP contribution is 2.65. The van der Waals surface area contributed by atoms with Gasteiger partial charge in [0.25, 0.3) is 5.91 Å². The van der Waals surface area contributed by atoms with Crippen LogP contribution in [0.4, 0.5) is 0 Å². The lowest BCUT2D eigenvalue weighted by atomic mass is 9.48. The van der Waals surface area contributed by atoms with Gasteiger partial charge < -0.3 is 25.3 Å². The third kappa shape index (κ3) is 2.73. The third-order valence-electron chi connectivity index (χ3n) is 8.94. The Morgan fingerprint density at radius 1 is 1.24 bits per heavy atom. The molecule has 176 valence electrons. The smallest absolute Gasteiger partial charge is 0.253 e. The number of halogens is 1. The van der Waals surface area contributed by atoms with E-state index < -0.39 is 17.1 Å². The second kappa shape index (κ2) is 7.14. The Balaban J connectivity index is 0.00000206. The molecule has 7 rings (SSSR count). The van der Waals surface area contributed by atoms with Gasteiger partial charge in [0.1, 0.15) is 6.10 Å². The summed E-state index contributed by atoms with van der Waals surface area (Å²) in [6, 6.07) is 5.31. The van der Waals surface area contributed by atoms with Crippen molar-refractivity contribution in [3.8, 4) is 11.5 Å². The van der Waals surface area contributed by atoms with Crippen LogP contribution in [0.5, 0.6) is 11.5 Å². The van der Waals surface area contributed by atoms with Crippen molar-refractivity contribution in [2.75, 3.05) is 13.1 Å². The van der Waals surface area contributed by atoms with E-state index in [0.717, 1.165) is 37.4 Å². The van der Waals surface area contributed by atoms with Gasteiger partial charge in [-0.15, -0.1) is 12.4 Å². The number of carbonyl (C=O) groups excluding carboxylic acids is 1. The van der Waals surface area contributed by atoms with E-state index in [9.17, 15) is 15.0 Å². The number of aromatic hydroxyl groups is 1. The zero-order valence-electron chi connectivity index (χ0n) is 18.4. The summed E-state index contributed by atoms with van der Waals surface area (Å²) in [6.07, 6.45) is 8.44. The second-order valence-corrected chi connectivity index (χ2v) is 10.5. The first-order valence-electron chi connectivity index (χ1n) is 11.9. The number of nitrogens with one attached hydrogen (secondary N) is 2. The summed E-state index contributed by atoms with van der Waals surface area (Å²) in [5, 5.41) is 26.3. The van der Waals surface area contributed by atoms with E-state index in [4.69, 9.17) is 4.74 Å². The highest BCUT2D eigenvalue weighted by molar-refractivity contribution is 5.94. The summed E-state index contributed by atoms with van der Waals surface area (Å²) in [5.41, 5.74) is 1.23. The number of aromatic amines is 1. The Morgan fingerprint density at radius 3 is 2.85 bits per heavy atom. The number of likely N-dealkylation sites (tertiary alicyclic amines) is 1. The summed E-state index contributed by atoms with van der Waals surface area (Å²) in [5.74, 6) is 1.27. The summed E-state index contributed by atoms with van der Waals surface area (Å²) < 4.78 is 6.48. The average Bonchev–Trinajstić information content (AvgIpc) is 3.27. The molecule has 8 heteroatoms. The number of amides is 1. The lowest BCUT2D eigenvalue weighted by Crippen LogP contribution is -2.78. The van der Waals surface area contributed by atoms with Crippen LogP contribution in [0.1, 0.15) is 53.6 Å². The standard InChI is InChI=1S/C25H29N3O4.ClH/c29-18-4-3-15-11-19-25(31)7-5-17(27-23(30)16-6-9-26-12-16)22-24(25,20(15)21(18)32-22)8-10-28(19)13-14-1-2-14;/h3-4,6,9,12,14,17,19,22,26,29,31H,1-2,5,7-8,10-11,13H2,(H,27,30);1H/t17-,19+,22-,24-,25+;/m0./s1. The number of nitrogens with zero attached hydrogens (tertiary/aromatic N) is 1. The maximum Gasteiger partial charge on any atom is 0.253 e. The van der Waals surface area contributed by atoms with Crippen molar-refractivity contribution in [2.45, 2.75) is 67.7 Å². The van der Waals surface area contributed by atoms with Gasteiger partial charge in [0, 0.05) is 30.5 Å². The van der Waals surface area contributed by atoms with E-state index in [-0.39, 0.29) is 36.1 Å². The van der Waals surface area contributed by atoms with Gasteiger partial charge in [0.15, 0.2) is 11.5 Å². The van der Waals surface area contributed by atoms with Gasteiger partial charge in [0.2, 0.25) is 0 Å². The molecule has 3 fully saturated rings. The number of hydrogen-bond acceptors (Lipinski definition) is 5. The molecule has 4 N–H and O–H groups in total. The first kappa shape index (κ1) is 21.3. The van der Waals surface area contributed by atoms with Crippen LogP contribution in [0, 0.1) is 5.92 Å². The topological polar surface area (TPSA) is 97.8 Å². The zero-order chi connectivity index (χ0) is 21.7. The Kier molecular flexibility index (Phi) is 4.61. The number of benzene rings is 1. The Labute approximate surface area is 198 Å². The summed E-state index contributed by atoms with van der Waals surface area (Å²) in [6.45, 7) is 1.97. The maximum atomic E-state index is 12.9. The van der Waals surface area contributed by atoms with Crippen molar-refractivity contribution in [2.24, 2.45) is 5.92 Å². The fourth-order valence-electron chi connectivity index (χ4n) is 7.35. The lowest BCUT2D eigenvalue weighted by Gasteiger charge is -2.64. The number of piperidine rings is 1. The zero-order valence-corrected chi connectivity index (χ0v) is 19.2. The summed E-state index contributed by atoms with van der Waals surface area (Å²) in [4.78, 5) is 18.3. The number of ether oxygens (including phenoxy) is 1. The van der Waals surface area contributed by atoms with Crippen molar-refractivity contribution < 1.29 is 19.7 Å². The molecule has 0 unspecified atom stereocenters. The molecule has 1 saturated heterocycles. The number of aromatic nitrogens is 1. The summed E-state index contributed by atoms with van der Waals surface area (Å²) in [7, 11) is 0. The SMILES string of the molecule is Cl.O=C(N[C@H]1CC[C@@]2(O)[C@H]3Cc4ccc(O)c5c4[C@@]2(CCN3CC2CC2)[C@H]1O5)c1cc[nH]c1. The maximum absolute atomic E-state index is 12.9. The highest BCUT2D eigenvalue weighted by Gasteiger charge is 2.73. The molecule has 2 aromatic rings. The van der Waals surface area contributed by atoms with E-state index in [1.807, 2.05) is 6.07 Å². The molecule has 5 aliphatic rings. The van der Waals surface area contributed by atoms with Gasteiger partial charge in [-0.25, -0.2) is 0 Å². The molecular weight excluding hydrogens is 442 g/mol. The molecule has 3 aliphatic carbocycles. The van der Waals surface area contributed by atoms with Crippen LogP contribution in [0.15, 0.2) is 30.6 Å². The van der Waals surface area contributed by atoms with Gasteiger partial charge >= 0.3 is 0 Å². The molecule has 3 heterocycles. The minimum atomic E-state index is -0.924. The predicted molar refractivity (Wildman–Crippen MR) is 124 cm³/mol. The minimum Gasteiger partial charge on any atom is -0.504 e. The normalized spacial score (nSPS) is 35.8. The van der Waals surface area contributed by atoms with Gasteiger partial charge in [-0.05, 0) is 68.7 Å².